The van der Waals surface area contributed by atoms with Crippen molar-refractivity contribution in [2.24, 2.45) is 0 Å². The molecule has 0 radical (unpaired) electrons. The van der Waals surface area contributed by atoms with Crippen LogP contribution in [0.4, 0.5) is 0 Å². The van der Waals surface area contributed by atoms with Gasteiger partial charge in [-0.25, -0.2) is 4.79 Å². The zero-order valence-corrected chi connectivity index (χ0v) is 12.2. The smallest absolute Gasteiger partial charge is 0.335 e. The minimum Gasteiger partial charge on any atom is -0.478 e. The van der Waals surface area contributed by atoms with E-state index >= 15 is 0 Å². The van der Waals surface area contributed by atoms with E-state index in [4.69, 9.17) is 5.11 Å². The van der Waals surface area contributed by atoms with Gasteiger partial charge in [-0.05, 0) is 43.0 Å². The second-order valence-electron chi connectivity index (χ2n) is 5.84. The van der Waals surface area contributed by atoms with Gasteiger partial charge >= 0.3 is 5.97 Å². The molecule has 0 aromatic heterocycles. The summed E-state index contributed by atoms with van der Waals surface area (Å²) >= 11 is 0. The maximum atomic E-state index is 12.3. The Hall–Kier alpha value is -1.88. The van der Waals surface area contributed by atoms with E-state index in [2.05, 4.69) is 4.90 Å². The van der Waals surface area contributed by atoms with E-state index in [1.165, 1.54) is 0 Å². The molecule has 5 heteroatoms. The zero-order chi connectivity index (χ0) is 15.0. The number of carboxylic acid groups (broad SMARTS) is 1. The molecule has 1 aliphatic heterocycles. The quantitative estimate of drug-likeness (QED) is 0.896. The van der Waals surface area contributed by atoms with E-state index < -0.39 is 5.97 Å². The molecule has 1 aliphatic carbocycles. The number of nitrogens with zero attached hydrogens (tertiary/aromatic N) is 2. The van der Waals surface area contributed by atoms with Crippen molar-refractivity contribution in [1.29, 1.82) is 0 Å². The average Bonchev–Trinajstić information content (AvgIpc) is 3.18. The van der Waals surface area contributed by atoms with Gasteiger partial charge in [0.2, 0.25) is 5.91 Å². The third-order valence-corrected chi connectivity index (χ3v) is 4.25. The number of aromatic carboxylic acids is 1. The third kappa shape index (κ3) is 2.93. The summed E-state index contributed by atoms with van der Waals surface area (Å²) in [5.74, 6) is -0.718. The molecule has 0 unspecified atom stereocenters. The second kappa shape index (κ2) is 5.48. The standard InChI is InChI=1S/C16H20N2O3/c1-2-18(14-5-6-14)15(19)10-17-8-12-4-3-11(16(20)21)7-13(12)9-17/h3-4,7,14H,2,5-6,8-10H2,1H3,(H,20,21). The third-order valence-electron chi connectivity index (χ3n) is 4.25. The van der Waals surface area contributed by atoms with E-state index in [0.717, 1.165) is 37.1 Å². The van der Waals surface area contributed by atoms with Crippen molar-refractivity contribution in [2.45, 2.75) is 38.9 Å². The van der Waals surface area contributed by atoms with Gasteiger partial charge in [-0.15, -0.1) is 0 Å². The average molecular weight is 288 g/mol. The van der Waals surface area contributed by atoms with Gasteiger partial charge < -0.3 is 10.0 Å². The van der Waals surface area contributed by atoms with Crippen molar-refractivity contribution in [3.05, 3.63) is 34.9 Å². The first-order valence-electron chi connectivity index (χ1n) is 7.45. The maximum absolute atomic E-state index is 12.3. The molecule has 1 saturated carbocycles. The predicted molar refractivity (Wildman–Crippen MR) is 77.9 cm³/mol. The van der Waals surface area contributed by atoms with Crippen molar-refractivity contribution in [1.82, 2.24) is 9.80 Å². The Labute approximate surface area is 124 Å². The molecule has 3 rings (SSSR count). The summed E-state index contributed by atoms with van der Waals surface area (Å²) in [5, 5.41) is 9.03. The Morgan fingerprint density at radius 1 is 1.29 bits per heavy atom. The molecule has 2 aliphatic rings. The summed E-state index contributed by atoms with van der Waals surface area (Å²) in [6.07, 6.45) is 2.25. The van der Waals surface area contributed by atoms with Gasteiger partial charge in [0.25, 0.3) is 0 Å². The SMILES string of the molecule is CCN(C(=O)CN1Cc2ccc(C(=O)O)cc2C1)C1CC1. The lowest BCUT2D eigenvalue weighted by atomic mass is 10.1. The number of carboxylic acids is 1. The summed E-state index contributed by atoms with van der Waals surface area (Å²) < 4.78 is 0. The van der Waals surface area contributed by atoms with Gasteiger partial charge in [0.15, 0.2) is 0 Å². The Morgan fingerprint density at radius 2 is 2.00 bits per heavy atom. The Bertz CT molecular complexity index is 581. The lowest BCUT2D eigenvalue weighted by Crippen LogP contribution is -2.39. The maximum Gasteiger partial charge on any atom is 0.335 e. The van der Waals surface area contributed by atoms with Crippen LogP contribution >= 0.6 is 0 Å². The van der Waals surface area contributed by atoms with Crippen LogP contribution in [0.1, 0.15) is 41.3 Å². The van der Waals surface area contributed by atoms with E-state index in [0.29, 0.717) is 24.7 Å². The van der Waals surface area contributed by atoms with E-state index in [1.54, 1.807) is 12.1 Å². The zero-order valence-electron chi connectivity index (χ0n) is 12.2. The molecular formula is C16H20N2O3. The molecule has 1 amide bonds. The fourth-order valence-electron chi connectivity index (χ4n) is 3.02. The van der Waals surface area contributed by atoms with E-state index in [9.17, 15) is 9.59 Å². The van der Waals surface area contributed by atoms with Gasteiger partial charge in [0.05, 0.1) is 12.1 Å². The molecule has 21 heavy (non-hydrogen) atoms. The Morgan fingerprint density at radius 3 is 2.62 bits per heavy atom. The molecule has 1 N–H and O–H groups in total. The lowest BCUT2D eigenvalue weighted by molar-refractivity contribution is -0.132. The number of hydrogen-bond acceptors (Lipinski definition) is 3. The first-order valence-corrected chi connectivity index (χ1v) is 7.45. The van der Waals surface area contributed by atoms with Crippen molar-refractivity contribution < 1.29 is 14.7 Å². The van der Waals surface area contributed by atoms with Gasteiger partial charge in [-0.1, -0.05) is 6.07 Å². The molecule has 1 heterocycles. The first kappa shape index (κ1) is 14.1. The highest BCUT2D eigenvalue weighted by Crippen LogP contribution is 2.28. The van der Waals surface area contributed by atoms with Crippen LogP contribution in [0.2, 0.25) is 0 Å². The summed E-state index contributed by atoms with van der Waals surface area (Å²) in [4.78, 5) is 27.4. The molecule has 1 aromatic carbocycles. The molecule has 1 aromatic rings. The largest absolute Gasteiger partial charge is 0.478 e. The summed E-state index contributed by atoms with van der Waals surface area (Å²) in [5.41, 5.74) is 2.47. The number of carbonyl (C=O) groups is 2. The van der Waals surface area contributed by atoms with Crippen LogP contribution < -0.4 is 0 Å². The number of carbonyl (C=O) groups excluding carboxylic acids is 1. The molecule has 0 saturated heterocycles. The fraction of sp³-hybridized carbons (Fsp3) is 0.500. The molecule has 0 bridgehead atoms. The number of fused-ring (bicyclic) bond motifs is 1. The highest BCUT2D eigenvalue weighted by Gasteiger charge is 2.32. The predicted octanol–water partition coefficient (Wildman–Crippen LogP) is 1.71. The van der Waals surface area contributed by atoms with Gasteiger partial charge in [-0.2, -0.15) is 0 Å². The monoisotopic (exact) mass is 288 g/mol. The number of likely N-dealkylation sites (N-methyl/N-ethyl adjacent to an activating group) is 1. The highest BCUT2D eigenvalue weighted by molar-refractivity contribution is 5.88. The van der Waals surface area contributed by atoms with Gasteiger partial charge in [0, 0.05) is 25.7 Å². The minimum absolute atomic E-state index is 0.186. The first-order chi connectivity index (χ1) is 10.1. The van der Waals surface area contributed by atoms with Crippen molar-refractivity contribution in [3.63, 3.8) is 0 Å². The molecule has 0 spiro atoms. The van der Waals surface area contributed by atoms with Crippen molar-refractivity contribution in [3.8, 4) is 0 Å². The van der Waals surface area contributed by atoms with Gasteiger partial charge in [0.1, 0.15) is 0 Å². The Kier molecular flexibility index (Phi) is 3.68. The molecule has 1 fully saturated rings. The molecular weight excluding hydrogens is 268 g/mol. The molecule has 112 valence electrons. The number of benzene rings is 1. The highest BCUT2D eigenvalue weighted by atomic mass is 16.4. The van der Waals surface area contributed by atoms with Crippen LogP contribution in [0, 0.1) is 0 Å². The number of rotatable bonds is 5. The molecule has 0 atom stereocenters. The summed E-state index contributed by atoms with van der Waals surface area (Å²) in [7, 11) is 0. The summed E-state index contributed by atoms with van der Waals surface area (Å²) in [6.45, 7) is 4.59. The minimum atomic E-state index is -0.904. The van der Waals surface area contributed by atoms with Crippen LogP contribution in [0.15, 0.2) is 18.2 Å². The van der Waals surface area contributed by atoms with Crippen LogP contribution in [0.3, 0.4) is 0 Å². The van der Waals surface area contributed by atoms with Crippen LogP contribution in [-0.4, -0.2) is 45.9 Å². The number of hydrogen-bond donors (Lipinski definition) is 1. The normalized spacial score (nSPS) is 17.6. The van der Waals surface area contributed by atoms with E-state index in [1.807, 2.05) is 17.9 Å². The lowest BCUT2D eigenvalue weighted by Gasteiger charge is -2.23. The fourth-order valence-corrected chi connectivity index (χ4v) is 3.02. The van der Waals surface area contributed by atoms with Gasteiger partial charge in [-0.3, -0.25) is 9.69 Å². The topological polar surface area (TPSA) is 60.9 Å². The van der Waals surface area contributed by atoms with Crippen LogP contribution in [0.25, 0.3) is 0 Å². The second-order valence-corrected chi connectivity index (χ2v) is 5.84. The number of amides is 1. The van der Waals surface area contributed by atoms with E-state index in [-0.39, 0.29) is 5.91 Å². The molecule has 5 nitrogen and oxygen atoms in total. The van der Waals surface area contributed by atoms with Crippen LogP contribution in [0.5, 0.6) is 0 Å². The summed E-state index contributed by atoms with van der Waals surface area (Å²) in [6, 6.07) is 5.67. The van der Waals surface area contributed by atoms with Crippen molar-refractivity contribution >= 4 is 11.9 Å². The Balaban J connectivity index is 1.64. The van der Waals surface area contributed by atoms with Crippen molar-refractivity contribution in [2.75, 3.05) is 13.1 Å². The van der Waals surface area contributed by atoms with Crippen LogP contribution in [-0.2, 0) is 17.9 Å².